The molecule has 0 aliphatic rings. The Bertz CT molecular complexity index is 762. The van der Waals surface area contributed by atoms with Crippen LogP contribution in [0.1, 0.15) is 11.1 Å². The van der Waals surface area contributed by atoms with Gasteiger partial charge in [-0.3, -0.25) is 0 Å². The number of rotatable bonds is 3. The van der Waals surface area contributed by atoms with Gasteiger partial charge in [0.1, 0.15) is 0 Å². The summed E-state index contributed by atoms with van der Waals surface area (Å²) in [5.74, 6) is 0. The van der Waals surface area contributed by atoms with Crippen LogP contribution in [-0.2, 0) is 6.54 Å². The highest BCUT2D eigenvalue weighted by atomic mass is 35.5. The van der Waals surface area contributed by atoms with Crippen molar-refractivity contribution in [3.63, 3.8) is 0 Å². The molecule has 0 amide bonds. The molecule has 0 atom stereocenters. The molecule has 0 fully saturated rings. The van der Waals surface area contributed by atoms with Crippen LogP contribution in [0.25, 0.3) is 10.9 Å². The maximum Gasteiger partial charge on any atom is 0.0472 e. The van der Waals surface area contributed by atoms with E-state index in [0.29, 0.717) is 0 Å². The largest absolute Gasteiger partial charge is 0.381 e. The van der Waals surface area contributed by atoms with Gasteiger partial charge in [0.05, 0.1) is 0 Å². The SMILES string of the molecule is Cc1ccc(NCc2c[nH]c3cc(Cl)ccc23)cc1Cl. The molecular weight excluding hydrogens is 291 g/mol. The average molecular weight is 305 g/mol. The van der Waals surface area contributed by atoms with E-state index in [2.05, 4.69) is 10.3 Å². The molecule has 1 aromatic heterocycles. The van der Waals surface area contributed by atoms with Crippen molar-refractivity contribution in [3.05, 3.63) is 63.8 Å². The first kappa shape index (κ1) is 13.3. The van der Waals surface area contributed by atoms with Gasteiger partial charge in [0.2, 0.25) is 0 Å². The number of benzene rings is 2. The second kappa shape index (κ2) is 5.39. The van der Waals surface area contributed by atoms with E-state index >= 15 is 0 Å². The molecule has 0 spiro atoms. The summed E-state index contributed by atoms with van der Waals surface area (Å²) in [7, 11) is 0. The number of fused-ring (bicyclic) bond motifs is 1. The van der Waals surface area contributed by atoms with Crippen molar-refractivity contribution < 1.29 is 0 Å². The van der Waals surface area contributed by atoms with Crippen molar-refractivity contribution in [3.8, 4) is 0 Å². The summed E-state index contributed by atoms with van der Waals surface area (Å²) in [6, 6.07) is 11.9. The van der Waals surface area contributed by atoms with Gasteiger partial charge < -0.3 is 10.3 Å². The number of hydrogen-bond acceptors (Lipinski definition) is 1. The Labute approximate surface area is 127 Å². The molecule has 2 aromatic carbocycles. The number of hydrogen-bond donors (Lipinski definition) is 2. The van der Waals surface area contributed by atoms with Crippen LogP contribution < -0.4 is 5.32 Å². The molecule has 0 saturated heterocycles. The van der Waals surface area contributed by atoms with E-state index in [1.165, 1.54) is 10.9 Å². The van der Waals surface area contributed by atoms with Gasteiger partial charge in [0.25, 0.3) is 0 Å². The van der Waals surface area contributed by atoms with Crippen LogP contribution in [0, 0.1) is 6.92 Å². The van der Waals surface area contributed by atoms with Gasteiger partial charge in [-0.2, -0.15) is 0 Å². The molecule has 1 heterocycles. The number of aryl methyl sites for hydroxylation is 1. The van der Waals surface area contributed by atoms with Crippen LogP contribution in [-0.4, -0.2) is 4.98 Å². The van der Waals surface area contributed by atoms with E-state index in [1.54, 1.807) is 0 Å². The number of H-pyrrole nitrogens is 1. The van der Waals surface area contributed by atoms with Gasteiger partial charge in [-0.15, -0.1) is 0 Å². The van der Waals surface area contributed by atoms with Crippen LogP contribution in [0.3, 0.4) is 0 Å². The molecule has 4 heteroatoms. The second-order valence-corrected chi connectivity index (χ2v) is 5.66. The van der Waals surface area contributed by atoms with E-state index in [0.717, 1.165) is 33.4 Å². The summed E-state index contributed by atoms with van der Waals surface area (Å²) in [5, 5.41) is 6.08. The molecule has 0 aliphatic heterocycles. The Morgan fingerprint density at radius 2 is 1.95 bits per heavy atom. The minimum absolute atomic E-state index is 0.737. The summed E-state index contributed by atoms with van der Waals surface area (Å²) < 4.78 is 0. The van der Waals surface area contributed by atoms with E-state index < -0.39 is 0 Å². The van der Waals surface area contributed by atoms with Crippen LogP contribution in [0.5, 0.6) is 0 Å². The van der Waals surface area contributed by atoms with Crippen molar-refractivity contribution in [2.75, 3.05) is 5.32 Å². The molecule has 0 bridgehead atoms. The quantitative estimate of drug-likeness (QED) is 0.666. The van der Waals surface area contributed by atoms with Crippen molar-refractivity contribution in [1.29, 1.82) is 0 Å². The van der Waals surface area contributed by atoms with Crippen LogP contribution >= 0.6 is 23.2 Å². The van der Waals surface area contributed by atoms with Gasteiger partial charge in [-0.1, -0.05) is 35.3 Å². The first-order valence-electron chi connectivity index (χ1n) is 6.39. The Morgan fingerprint density at radius 1 is 1.10 bits per heavy atom. The molecule has 0 radical (unpaired) electrons. The third-order valence-corrected chi connectivity index (χ3v) is 4.03. The summed E-state index contributed by atoms with van der Waals surface area (Å²) in [4.78, 5) is 3.24. The molecule has 0 saturated carbocycles. The fourth-order valence-corrected chi connectivity index (χ4v) is 2.56. The lowest BCUT2D eigenvalue weighted by atomic mass is 10.1. The zero-order chi connectivity index (χ0) is 14.1. The number of aromatic amines is 1. The number of nitrogens with one attached hydrogen (secondary N) is 2. The summed E-state index contributed by atoms with van der Waals surface area (Å²) in [6.07, 6.45) is 2.00. The van der Waals surface area contributed by atoms with Gasteiger partial charge in [0, 0.05) is 39.4 Å². The van der Waals surface area contributed by atoms with Crippen molar-refractivity contribution in [1.82, 2.24) is 4.98 Å². The van der Waals surface area contributed by atoms with E-state index in [1.807, 2.05) is 49.5 Å². The lowest BCUT2D eigenvalue weighted by Gasteiger charge is -2.07. The van der Waals surface area contributed by atoms with Crippen LogP contribution in [0.15, 0.2) is 42.6 Å². The van der Waals surface area contributed by atoms with Crippen molar-refractivity contribution >= 4 is 39.8 Å². The van der Waals surface area contributed by atoms with Gasteiger partial charge in [0.15, 0.2) is 0 Å². The van der Waals surface area contributed by atoms with E-state index in [-0.39, 0.29) is 0 Å². The molecule has 3 rings (SSSR count). The van der Waals surface area contributed by atoms with Crippen LogP contribution in [0.4, 0.5) is 5.69 Å². The van der Waals surface area contributed by atoms with Gasteiger partial charge in [-0.05, 0) is 42.3 Å². The van der Waals surface area contributed by atoms with Crippen molar-refractivity contribution in [2.45, 2.75) is 13.5 Å². The molecule has 102 valence electrons. The zero-order valence-corrected chi connectivity index (χ0v) is 12.5. The summed E-state index contributed by atoms with van der Waals surface area (Å²) in [6.45, 7) is 2.73. The maximum atomic E-state index is 6.13. The molecule has 0 unspecified atom stereocenters. The first-order chi connectivity index (χ1) is 9.63. The normalized spacial score (nSPS) is 10.9. The molecular formula is C16H14Cl2N2. The lowest BCUT2D eigenvalue weighted by Crippen LogP contribution is -1.98. The smallest absolute Gasteiger partial charge is 0.0472 e. The highest BCUT2D eigenvalue weighted by Gasteiger charge is 2.04. The molecule has 20 heavy (non-hydrogen) atoms. The molecule has 0 aliphatic carbocycles. The number of anilines is 1. The highest BCUT2D eigenvalue weighted by Crippen LogP contribution is 2.24. The van der Waals surface area contributed by atoms with Crippen LogP contribution in [0.2, 0.25) is 10.0 Å². The Balaban J connectivity index is 1.81. The predicted molar refractivity (Wildman–Crippen MR) is 86.8 cm³/mol. The average Bonchev–Trinajstić information content (AvgIpc) is 2.82. The van der Waals surface area contributed by atoms with E-state index in [4.69, 9.17) is 23.2 Å². The zero-order valence-electron chi connectivity index (χ0n) is 11.0. The third-order valence-electron chi connectivity index (χ3n) is 3.38. The van der Waals surface area contributed by atoms with Crippen molar-refractivity contribution in [2.24, 2.45) is 0 Å². The molecule has 2 N–H and O–H groups in total. The number of halogens is 2. The minimum Gasteiger partial charge on any atom is -0.381 e. The fourth-order valence-electron chi connectivity index (χ4n) is 2.20. The minimum atomic E-state index is 0.737. The lowest BCUT2D eigenvalue weighted by molar-refractivity contribution is 1.16. The van der Waals surface area contributed by atoms with Gasteiger partial charge >= 0.3 is 0 Å². The van der Waals surface area contributed by atoms with Gasteiger partial charge in [-0.25, -0.2) is 0 Å². The fraction of sp³-hybridized carbons (Fsp3) is 0.125. The summed E-state index contributed by atoms with van der Waals surface area (Å²) in [5.41, 5.74) is 4.35. The highest BCUT2D eigenvalue weighted by molar-refractivity contribution is 6.31. The summed E-state index contributed by atoms with van der Waals surface area (Å²) >= 11 is 12.1. The Hall–Kier alpha value is -1.64. The Morgan fingerprint density at radius 3 is 2.75 bits per heavy atom. The number of aromatic nitrogens is 1. The standard InChI is InChI=1S/C16H14Cl2N2/c1-10-2-4-13(7-15(10)18)19-8-11-9-20-16-6-12(17)3-5-14(11)16/h2-7,9,19-20H,8H2,1H3. The third kappa shape index (κ3) is 2.62. The molecule has 3 aromatic rings. The monoisotopic (exact) mass is 304 g/mol. The maximum absolute atomic E-state index is 6.13. The topological polar surface area (TPSA) is 27.8 Å². The Kier molecular flexibility index (Phi) is 3.60. The first-order valence-corrected chi connectivity index (χ1v) is 7.14. The second-order valence-electron chi connectivity index (χ2n) is 4.82. The van der Waals surface area contributed by atoms with E-state index in [9.17, 15) is 0 Å². The predicted octanol–water partition coefficient (Wildman–Crippen LogP) is 5.40. The molecule has 2 nitrogen and oxygen atoms in total.